The first-order chi connectivity index (χ1) is 9.73. The number of rotatable bonds is 4. The second kappa shape index (κ2) is 6.18. The van der Waals surface area contributed by atoms with Crippen LogP contribution in [0.4, 0.5) is 0 Å². The molecule has 0 unspecified atom stereocenters. The van der Waals surface area contributed by atoms with Gasteiger partial charge in [0.05, 0.1) is 13.2 Å². The molecule has 0 aliphatic carbocycles. The summed E-state index contributed by atoms with van der Waals surface area (Å²) in [6, 6.07) is 0. The van der Waals surface area contributed by atoms with Crippen molar-refractivity contribution in [3.05, 3.63) is 0 Å². The van der Waals surface area contributed by atoms with E-state index in [-0.39, 0.29) is 25.0 Å². The van der Waals surface area contributed by atoms with Crippen molar-refractivity contribution < 1.29 is 30.0 Å². The normalized spacial score (nSPS) is 41.1. The summed E-state index contributed by atoms with van der Waals surface area (Å²) >= 11 is 0. The highest BCUT2D eigenvalue weighted by atomic mass is 16.6. The van der Waals surface area contributed by atoms with Gasteiger partial charge >= 0.3 is 0 Å². The molecule has 2 rings (SSSR count). The van der Waals surface area contributed by atoms with E-state index >= 15 is 0 Å². The molecule has 0 aromatic carbocycles. The fraction of sp³-hybridized carbons (Fsp3) is 0.929. The zero-order chi connectivity index (χ0) is 15.8. The maximum Gasteiger partial charge on any atom is 0.223 e. The fourth-order valence-corrected chi connectivity index (χ4v) is 3.13. The quantitative estimate of drug-likeness (QED) is 0.513. The van der Waals surface area contributed by atoms with Crippen molar-refractivity contribution in [1.29, 1.82) is 0 Å². The number of carbonyl (C=O) groups is 1. The smallest absolute Gasteiger partial charge is 0.223 e. The Morgan fingerprint density at radius 3 is 2.67 bits per heavy atom. The third-order valence-electron chi connectivity index (χ3n) is 4.20. The van der Waals surface area contributed by atoms with E-state index in [1.807, 2.05) is 0 Å². The zero-order valence-corrected chi connectivity index (χ0v) is 12.5. The molecule has 4 N–H and O–H groups in total. The van der Waals surface area contributed by atoms with Crippen molar-refractivity contribution in [2.75, 3.05) is 19.7 Å². The van der Waals surface area contributed by atoms with Crippen LogP contribution in [0.1, 0.15) is 26.7 Å². The minimum Gasteiger partial charge on any atom is -0.388 e. The Hall–Kier alpha value is -0.730. The van der Waals surface area contributed by atoms with Crippen LogP contribution in [0.25, 0.3) is 0 Å². The van der Waals surface area contributed by atoms with Crippen LogP contribution in [0.3, 0.4) is 0 Å². The van der Waals surface area contributed by atoms with Crippen molar-refractivity contribution >= 4 is 5.91 Å². The van der Waals surface area contributed by atoms with Crippen LogP contribution in [-0.4, -0.2) is 75.0 Å². The lowest BCUT2D eigenvalue weighted by molar-refractivity contribution is -0.323. The van der Waals surface area contributed by atoms with Crippen LogP contribution in [0.5, 0.6) is 0 Å². The molecular weight excluding hydrogens is 278 g/mol. The molecule has 7 heteroatoms. The lowest BCUT2D eigenvalue weighted by Crippen LogP contribution is -2.64. The number of nitrogens with zero attached hydrogens (tertiary/aromatic N) is 1. The Labute approximate surface area is 124 Å². The number of hydrogen-bond donors (Lipinski definition) is 4. The predicted molar refractivity (Wildman–Crippen MR) is 73.1 cm³/mol. The van der Waals surface area contributed by atoms with Gasteiger partial charge in [0.1, 0.15) is 18.3 Å². The van der Waals surface area contributed by atoms with Gasteiger partial charge in [-0.25, -0.2) is 0 Å². The van der Waals surface area contributed by atoms with E-state index in [1.165, 1.54) is 4.90 Å². The summed E-state index contributed by atoms with van der Waals surface area (Å²) in [5, 5.41) is 39.3. The molecule has 2 saturated heterocycles. The Bertz CT molecular complexity index is 390. The second-order valence-electron chi connectivity index (χ2n) is 6.63. The monoisotopic (exact) mass is 303 g/mol. The van der Waals surface area contributed by atoms with Crippen molar-refractivity contribution in [2.24, 2.45) is 11.8 Å². The van der Waals surface area contributed by atoms with E-state index in [9.17, 15) is 25.2 Å². The standard InChI is InChI=1S/C14H25NO6/c1-8(2)3-9-4-11(17)15(5-9)7-14(20)13(19)12(18)10(16)6-21-14/h8-10,12-13,16,18-20H,3-7H2,1-2H3/t9-,10-,12+,13+,14+/m1/s1. The average molecular weight is 303 g/mol. The molecule has 21 heavy (non-hydrogen) atoms. The van der Waals surface area contributed by atoms with Gasteiger partial charge in [-0.3, -0.25) is 4.79 Å². The average Bonchev–Trinajstić information content (AvgIpc) is 2.71. The molecule has 122 valence electrons. The van der Waals surface area contributed by atoms with Crippen LogP contribution in [0.15, 0.2) is 0 Å². The van der Waals surface area contributed by atoms with Gasteiger partial charge in [0.25, 0.3) is 0 Å². The Balaban J connectivity index is 1.99. The first kappa shape index (κ1) is 16.6. The van der Waals surface area contributed by atoms with Crippen molar-refractivity contribution in [1.82, 2.24) is 4.90 Å². The molecule has 2 fully saturated rings. The molecule has 0 bridgehead atoms. The van der Waals surface area contributed by atoms with E-state index in [0.29, 0.717) is 18.9 Å². The number of likely N-dealkylation sites (tertiary alicyclic amines) is 1. The number of carbonyl (C=O) groups excluding carboxylic acids is 1. The van der Waals surface area contributed by atoms with Gasteiger partial charge < -0.3 is 30.1 Å². The van der Waals surface area contributed by atoms with Crippen molar-refractivity contribution in [2.45, 2.75) is 50.8 Å². The van der Waals surface area contributed by atoms with E-state index in [2.05, 4.69) is 13.8 Å². The highest BCUT2D eigenvalue weighted by Crippen LogP contribution is 2.29. The van der Waals surface area contributed by atoms with Crippen LogP contribution in [0.2, 0.25) is 0 Å². The van der Waals surface area contributed by atoms with Crippen LogP contribution in [-0.2, 0) is 9.53 Å². The highest BCUT2D eigenvalue weighted by molar-refractivity contribution is 5.78. The maximum absolute atomic E-state index is 12.0. The Morgan fingerprint density at radius 2 is 2.05 bits per heavy atom. The Kier molecular flexibility index (Phi) is 4.89. The summed E-state index contributed by atoms with van der Waals surface area (Å²) in [7, 11) is 0. The highest BCUT2D eigenvalue weighted by Gasteiger charge is 2.50. The minimum absolute atomic E-state index is 0.0921. The lowest BCUT2D eigenvalue weighted by atomic mass is 9.96. The van der Waals surface area contributed by atoms with Gasteiger partial charge in [-0.15, -0.1) is 0 Å². The van der Waals surface area contributed by atoms with Crippen molar-refractivity contribution in [3.63, 3.8) is 0 Å². The Morgan fingerprint density at radius 1 is 1.38 bits per heavy atom. The van der Waals surface area contributed by atoms with Crippen molar-refractivity contribution in [3.8, 4) is 0 Å². The zero-order valence-electron chi connectivity index (χ0n) is 12.5. The van der Waals surface area contributed by atoms with Gasteiger partial charge in [0.15, 0.2) is 0 Å². The number of aliphatic hydroxyl groups is 4. The van der Waals surface area contributed by atoms with E-state index in [1.54, 1.807) is 0 Å². The number of aliphatic hydroxyl groups excluding tert-OH is 3. The summed E-state index contributed by atoms with van der Waals surface area (Å²) in [5.74, 6) is -1.41. The molecule has 0 spiro atoms. The fourth-order valence-electron chi connectivity index (χ4n) is 3.13. The molecular formula is C14H25NO6. The number of amides is 1. The van der Waals surface area contributed by atoms with Gasteiger partial charge in [-0.05, 0) is 18.3 Å². The molecule has 2 heterocycles. The lowest BCUT2D eigenvalue weighted by Gasteiger charge is -2.43. The third kappa shape index (κ3) is 3.54. The largest absolute Gasteiger partial charge is 0.388 e. The van der Waals surface area contributed by atoms with Gasteiger partial charge in [0.2, 0.25) is 11.7 Å². The molecule has 2 aliphatic rings. The maximum atomic E-state index is 12.0. The van der Waals surface area contributed by atoms with E-state index in [0.717, 1.165) is 6.42 Å². The molecule has 0 saturated carbocycles. The molecule has 2 aliphatic heterocycles. The predicted octanol–water partition coefficient (Wildman–Crippen LogP) is -1.32. The van der Waals surface area contributed by atoms with Crippen LogP contribution < -0.4 is 0 Å². The first-order valence-corrected chi connectivity index (χ1v) is 7.41. The summed E-state index contributed by atoms with van der Waals surface area (Å²) < 4.78 is 5.09. The topological polar surface area (TPSA) is 110 Å². The third-order valence-corrected chi connectivity index (χ3v) is 4.20. The van der Waals surface area contributed by atoms with Crippen LogP contribution >= 0.6 is 0 Å². The first-order valence-electron chi connectivity index (χ1n) is 7.41. The number of ether oxygens (including phenoxy) is 1. The van der Waals surface area contributed by atoms with E-state index in [4.69, 9.17) is 4.74 Å². The SMILES string of the molecule is CC(C)C[C@@H]1CC(=O)N(C[C@]2(O)OC[C@@H](O)[C@H](O)[C@@H]2O)C1. The molecule has 1 amide bonds. The molecule has 7 nitrogen and oxygen atoms in total. The summed E-state index contributed by atoms with van der Waals surface area (Å²) in [6.45, 7) is 4.20. The minimum atomic E-state index is -2.04. The summed E-state index contributed by atoms with van der Waals surface area (Å²) in [5.41, 5.74) is 0. The molecule has 0 aromatic heterocycles. The molecule has 0 radical (unpaired) electrons. The van der Waals surface area contributed by atoms with E-state index < -0.39 is 24.1 Å². The molecule has 5 atom stereocenters. The summed E-state index contributed by atoms with van der Waals surface area (Å²) in [6.07, 6.45) is -3.05. The number of hydrogen-bond acceptors (Lipinski definition) is 6. The number of β-amino-alcohol motifs (C(OH)–C–C–N with tert-alkyl or cyclic N) is 1. The van der Waals surface area contributed by atoms with Gasteiger partial charge in [-0.2, -0.15) is 0 Å². The van der Waals surface area contributed by atoms with Gasteiger partial charge in [0, 0.05) is 13.0 Å². The summed E-state index contributed by atoms with van der Waals surface area (Å²) in [4.78, 5) is 13.5. The molecule has 0 aromatic rings. The van der Waals surface area contributed by atoms with Crippen LogP contribution in [0, 0.1) is 11.8 Å². The van der Waals surface area contributed by atoms with Gasteiger partial charge in [-0.1, -0.05) is 13.8 Å². The second-order valence-corrected chi connectivity index (χ2v) is 6.63.